The van der Waals surface area contributed by atoms with Gasteiger partial charge in [-0.2, -0.15) is 0 Å². The number of nitrogens with one attached hydrogen (secondary N) is 1. The predicted molar refractivity (Wildman–Crippen MR) is 99.0 cm³/mol. The molecule has 0 aliphatic carbocycles. The van der Waals surface area contributed by atoms with Crippen molar-refractivity contribution in [3.8, 4) is 0 Å². The van der Waals surface area contributed by atoms with Gasteiger partial charge in [0.2, 0.25) is 0 Å². The lowest BCUT2D eigenvalue weighted by atomic mass is 10.1. The van der Waals surface area contributed by atoms with E-state index in [1.807, 2.05) is 0 Å². The van der Waals surface area contributed by atoms with Gasteiger partial charge in [-0.3, -0.25) is 9.20 Å². The molecule has 2 aromatic heterocycles. The Kier molecular flexibility index (Phi) is 3.71. The summed E-state index contributed by atoms with van der Waals surface area (Å²) in [5, 5.41) is 1.65. The zero-order valence-electron chi connectivity index (χ0n) is 13.1. The van der Waals surface area contributed by atoms with E-state index < -0.39 is 5.97 Å². The summed E-state index contributed by atoms with van der Waals surface area (Å²) in [6.07, 6.45) is 0. The molecule has 0 spiro atoms. The number of benzene rings is 2. The molecule has 4 aromatic rings. The third kappa shape index (κ3) is 2.31. The van der Waals surface area contributed by atoms with E-state index in [1.54, 1.807) is 43.3 Å². The van der Waals surface area contributed by atoms with Gasteiger partial charge in [0, 0.05) is 10.8 Å². The smallest absolute Gasteiger partial charge is 0.342 e. The summed E-state index contributed by atoms with van der Waals surface area (Å²) < 4.78 is 6.64. The van der Waals surface area contributed by atoms with Crippen LogP contribution in [-0.4, -0.2) is 22.0 Å². The standard InChI is InChI=1S/C18H12Cl2N2O3/c1-2-25-18(24)15-9-5-3-4-6-10(9)17(23)22-14-8-12(20)11(19)7-13(14)21-16(15)22/h3-8,21H,2H2,1H3. The maximum atomic E-state index is 13.0. The number of esters is 1. The number of ether oxygens (including phenoxy) is 1. The molecule has 0 saturated carbocycles. The van der Waals surface area contributed by atoms with Gasteiger partial charge in [-0.05, 0) is 25.1 Å². The summed E-state index contributed by atoms with van der Waals surface area (Å²) in [7, 11) is 0. The molecule has 126 valence electrons. The summed E-state index contributed by atoms with van der Waals surface area (Å²) in [4.78, 5) is 28.7. The lowest BCUT2D eigenvalue weighted by Gasteiger charge is -2.08. The number of carbonyl (C=O) groups is 1. The average Bonchev–Trinajstić information content (AvgIpc) is 2.94. The number of halogens is 2. The molecule has 7 heteroatoms. The Bertz CT molecular complexity index is 1220. The monoisotopic (exact) mass is 374 g/mol. The number of imidazole rings is 1. The van der Waals surface area contributed by atoms with Crippen molar-refractivity contribution in [2.45, 2.75) is 6.92 Å². The third-order valence-electron chi connectivity index (χ3n) is 4.10. The number of H-pyrrole nitrogens is 1. The minimum atomic E-state index is -0.500. The van der Waals surface area contributed by atoms with Crippen LogP contribution in [0, 0.1) is 0 Å². The second-order valence-corrected chi connectivity index (χ2v) is 6.35. The van der Waals surface area contributed by atoms with Gasteiger partial charge in [0.25, 0.3) is 5.56 Å². The van der Waals surface area contributed by atoms with Gasteiger partial charge in [0.15, 0.2) is 0 Å². The minimum absolute atomic E-state index is 0.232. The van der Waals surface area contributed by atoms with Crippen molar-refractivity contribution in [3.63, 3.8) is 0 Å². The maximum absolute atomic E-state index is 13.0. The number of hydrogen-bond donors (Lipinski definition) is 1. The van der Waals surface area contributed by atoms with Gasteiger partial charge in [0.05, 0.1) is 27.7 Å². The van der Waals surface area contributed by atoms with Gasteiger partial charge >= 0.3 is 5.97 Å². The lowest BCUT2D eigenvalue weighted by Crippen LogP contribution is -2.18. The van der Waals surface area contributed by atoms with E-state index in [-0.39, 0.29) is 12.2 Å². The number of fused-ring (bicyclic) bond motifs is 4. The highest BCUT2D eigenvalue weighted by atomic mass is 35.5. The molecule has 1 N–H and O–H groups in total. The van der Waals surface area contributed by atoms with Crippen LogP contribution in [0.5, 0.6) is 0 Å². The number of pyridine rings is 1. The van der Waals surface area contributed by atoms with Gasteiger partial charge < -0.3 is 9.72 Å². The number of nitrogens with zero attached hydrogens (tertiary/aromatic N) is 1. The molecule has 25 heavy (non-hydrogen) atoms. The summed E-state index contributed by atoms with van der Waals surface area (Å²) in [5.74, 6) is -0.500. The van der Waals surface area contributed by atoms with Gasteiger partial charge in [-0.25, -0.2) is 4.79 Å². The summed E-state index contributed by atoms with van der Waals surface area (Å²) in [6.45, 7) is 1.97. The van der Waals surface area contributed by atoms with E-state index >= 15 is 0 Å². The quantitative estimate of drug-likeness (QED) is 0.528. The molecule has 0 bridgehead atoms. The fourth-order valence-corrected chi connectivity index (χ4v) is 3.38. The second-order valence-electron chi connectivity index (χ2n) is 5.54. The predicted octanol–water partition coefficient (Wildman–Crippen LogP) is 4.42. The molecule has 5 nitrogen and oxygen atoms in total. The first-order chi connectivity index (χ1) is 12.0. The molecule has 0 aliphatic heterocycles. The van der Waals surface area contributed by atoms with Crippen LogP contribution in [0.1, 0.15) is 17.3 Å². The number of hydrogen-bond acceptors (Lipinski definition) is 3. The maximum Gasteiger partial charge on any atom is 0.342 e. The number of aromatic amines is 1. The molecule has 2 aromatic carbocycles. The molecule has 0 aliphatic rings. The van der Waals surface area contributed by atoms with Gasteiger partial charge in [0.1, 0.15) is 11.2 Å². The number of rotatable bonds is 2. The van der Waals surface area contributed by atoms with Crippen LogP contribution in [0.4, 0.5) is 0 Å². The molecule has 0 saturated heterocycles. The van der Waals surface area contributed by atoms with Crippen LogP contribution in [0.2, 0.25) is 10.0 Å². The van der Waals surface area contributed by atoms with E-state index in [9.17, 15) is 9.59 Å². The lowest BCUT2D eigenvalue weighted by molar-refractivity contribution is 0.0530. The second kappa shape index (κ2) is 5.79. The Morgan fingerprint density at radius 3 is 2.56 bits per heavy atom. The first-order valence-electron chi connectivity index (χ1n) is 7.64. The third-order valence-corrected chi connectivity index (χ3v) is 4.82. The molecular weight excluding hydrogens is 363 g/mol. The Labute approximate surface area is 151 Å². The highest BCUT2D eigenvalue weighted by Gasteiger charge is 2.22. The number of aromatic nitrogens is 2. The molecule has 0 fully saturated rings. The highest BCUT2D eigenvalue weighted by molar-refractivity contribution is 6.42. The van der Waals surface area contributed by atoms with E-state index in [4.69, 9.17) is 27.9 Å². The summed E-state index contributed by atoms with van der Waals surface area (Å²) >= 11 is 12.2. The molecule has 2 heterocycles. The van der Waals surface area contributed by atoms with Crippen LogP contribution < -0.4 is 5.56 Å². The fourth-order valence-electron chi connectivity index (χ4n) is 3.06. The van der Waals surface area contributed by atoms with Crippen molar-refractivity contribution in [3.05, 3.63) is 62.4 Å². The Hall–Kier alpha value is -2.50. The van der Waals surface area contributed by atoms with Crippen LogP contribution in [-0.2, 0) is 4.74 Å². The average molecular weight is 375 g/mol. The zero-order valence-corrected chi connectivity index (χ0v) is 14.6. The Balaban J connectivity index is 2.28. The molecule has 4 rings (SSSR count). The molecule has 0 unspecified atom stereocenters. The molecular formula is C18H12Cl2N2O3. The largest absolute Gasteiger partial charge is 0.462 e. The van der Waals surface area contributed by atoms with Crippen molar-refractivity contribution >= 4 is 56.6 Å². The normalized spacial score (nSPS) is 11.5. The van der Waals surface area contributed by atoms with E-state index in [0.717, 1.165) is 0 Å². The number of carbonyl (C=O) groups excluding carboxylic acids is 1. The van der Waals surface area contributed by atoms with Crippen LogP contribution in [0.15, 0.2) is 41.2 Å². The van der Waals surface area contributed by atoms with Crippen LogP contribution >= 0.6 is 23.2 Å². The Morgan fingerprint density at radius 2 is 1.84 bits per heavy atom. The van der Waals surface area contributed by atoms with Crippen molar-refractivity contribution < 1.29 is 9.53 Å². The topological polar surface area (TPSA) is 63.6 Å². The molecule has 0 atom stereocenters. The van der Waals surface area contributed by atoms with Crippen molar-refractivity contribution in [1.29, 1.82) is 0 Å². The first kappa shape index (κ1) is 16.0. The van der Waals surface area contributed by atoms with Gasteiger partial charge in [-0.1, -0.05) is 41.4 Å². The summed E-state index contributed by atoms with van der Waals surface area (Å²) in [5.41, 5.74) is 1.57. The zero-order chi connectivity index (χ0) is 17.7. The van der Waals surface area contributed by atoms with E-state index in [0.29, 0.717) is 43.1 Å². The van der Waals surface area contributed by atoms with E-state index in [1.165, 1.54) is 4.40 Å². The van der Waals surface area contributed by atoms with Crippen molar-refractivity contribution in [2.24, 2.45) is 0 Å². The molecule has 0 amide bonds. The summed E-state index contributed by atoms with van der Waals surface area (Å²) in [6, 6.07) is 10.2. The molecule has 0 radical (unpaired) electrons. The van der Waals surface area contributed by atoms with Gasteiger partial charge in [-0.15, -0.1) is 0 Å². The van der Waals surface area contributed by atoms with E-state index in [2.05, 4.69) is 4.98 Å². The van der Waals surface area contributed by atoms with Crippen LogP contribution in [0.3, 0.4) is 0 Å². The first-order valence-corrected chi connectivity index (χ1v) is 8.39. The van der Waals surface area contributed by atoms with Crippen molar-refractivity contribution in [2.75, 3.05) is 6.61 Å². The van der Waals surface area contributed by atoms with Crippen LogP contribution in [0.25, 0.3) is 27.5 Å². The fraction of sp³-hybridized carbons (Fsp3) is 0.111. The Morgan fingerprint density at radius 1 is 1.16 bits per heavy atom. The minimum Gasteiger partial charge on any atom is -0.462 e. The highest BCUT2D eigenvalue weighted by Crippen LogP contribution is 2.30. The van der Waals surface area contributed by atoms with Crippen molar-refractivity contribution in [1.82, 2.24) is 9.38 Å². The SMILES string of the molecule is CCOC(=O)c1c2ccccc2c(=O)n2c1[nH]c1cc(Cl)c(Cl)cc12.